The van der Waals surface area contributed by atoms with E-state index in [1.807, 2.05) is 75.6 Å². The van der Waals surface area contributed by atoms with Crippen LogP contribution in [-0.4, -0.2) is 82.7 Å². The number of nitrogens with zero attached hydrogens (tertiary/aromatic N) is 3. The highest BCUT2D eigenvalue weighted by Gasteiger charge is 2.23. The smallest absolute Gasteiger partial charge is 0.264 e. The number of piperazine rings is 1. The molecule has 1 atom stereocenters. The molecule has 0 unspecified atom stereocenters. The lowest BCUT2D eigenvalue weighted by atomic mass is 9.98. The van der Waals surface area contributed by atoms with E-state index >= 15 is 0 Å². The van der Waals surface area contributed by atoms with E-state index < -0.39 is 27.6 Å². The van der Waals surface area contributed by atoms with Crippen molar-refractivity contribution in [2.75, 3.05) is 62.8 Å². The summed E-state index contributed by atoms with van der Waals surface area (Å²) < 4.78 is 57.1. The van der Waals surface area contributed by atoms with E-state index in [-0.39, 0.29) is 16.5 Å². The van der Waals surface area contributed by atoms with Crippen LogP contribution in [0.5, 0.6) is 0 Å². The first-order valence-corrected chi connectivity index (χ1v) is 20.8. The van der Waals surface area contributed by atoms with Gasteiger partial charge in [0.2, 0.25) is 0 Å². The van der Waals surface area contributed by atoms with Gasteiger partial charge in [0.1, 0.15) is 11.6 Å². The van der Waals surface area contributed by atoms with Crippen molar-refractivity contribution in [1.82, 2.24) is 14.5 Å². The maximum Gasteiger partial charge on any atom is 0.264 e. The topological polar surface area (TPSA) is 85.0 Å². The standard InChI is InChI=1S/C43H47F2N5O3S2/c1-31-27-38(18-20-42(31)46-35(21-22-48(2)3)30-54-37-10-5-4-6-11-37)55(52,53)47-43(51)32-13-16-36(17-14-32)50-25-23-49(24-26-50)29-33-9-7-8-12-39(33)40-19-15-34(44)28-41(40)45/h4-20,27-28,35,46H,21-26,29-30H2,1-3H3,(H,47,51)/t35-/m1/s1. The second-order valence-electron chi connectivity index (χ2n) is 14.1. The van der Waals surface area contributed by atoms with E-state index in [2.05, 4.69) is 36.9 Å². The van der Waals surface area contributed by atoms with Gasteiger partial charge in [0.05, 0.1) is 4.90 Å². The predicted molar refractivity (Wildman–Crippen MR) is 219 cm³/mol. The Kier molecular flexibility index (Phi) is 13.3. The van der Waals surface area contributed by atoms with Gasteiger partial charge in [-0.3, -0.25) is 9.69 Å². The van der Waals surface area contributed by atoms with Gasteiger partial charge in [-0.15, -0.1) is 11.8 Å². The molecule has 1 amide bonds. The van der Waals surface area contributed by atoms with Gasteiger partial charge in [-0.05, 0) is 117 Å². The number of rotatable bonds is 15. The maximum atomic E-state index is 14.6. The molecule has 2 N–H and O–H groups in total. The fourth-order valence-corrected chi connectivity index (χ4v) is 8.66. The van der Waals surface area contributed by atoms with Gasteiger partial charge in [0.25, 0.3) is 15.9 Å². The van der Waals surface area contributed by atoms with Crippen LogP contribution in [0.3, 0.4) is 0 Å². The van der Waals surface area contributed by atoms with Crippen LogP contribution in [0.2, 0.25) is 0 Å². The van der Waals surface area contributed by atoms with Gasteiger partial charge in [-0.1, -0.05) is 42.5 Å². The zero-order valence-corrected chi connectivity index (χ0v) is 33.0. The molecule has 0 aliphatic carbocycles. The summed E-state index contributed by atoms with van der Waals surface area (Å²) in [5.74, 6) is -1.04. The van der Waals surface area contributed by atoms with Crippen LogP contribution in [0.1, 0.15) is 27.9 Å². The molecule has 5 aromatic carbocycles. The summed E-state index contributed by atoms with van der Waals surface area (Å²) >= 11 is 1.78. The molecule has 6 rings (SSSR count). The minimum absolute atomic E-state index is 0.0207. The van der Waals surface area contributed by atoms with Crippen molar-refractivity contribution < 1.29 is 22.0 Å². The van der Waals surface area contributed by atoms with Gasteiger partial charge in [-0.2, -0.15) is 0 Å². The normalized spacial score (nSPS) is 14.2. The highest BCUT2D eigenvalue weighted by molar-refractivity contribution is 7.99. The van der Waals surface area contributed by atoms with Crippen molar-refractivity contribution in [2.24, 2.45) is 0 Å². The SMILES string of the molecule is Cc1cc(S(=O)(=O)NC(=O)c2ccc(N3CCN(Cc4ccccc4-c4ccc(F)cc4F)CC3)cc2)ccc1N[C@H](CCN(C)C)CSc1ccccc1. The molecule has 1 heterocycles. The Hall–Kier alpha value is -4.75. The molecule has 5 aromatic rings. The average molecular weight is 784 g/mol. The summed E-state index contributed by atoms with van der Waals surface area (Å²) in [7, 11) is -0.0297. The quantitative estimate of drug-likeness (QED) is 0.104. The summed E-state index contributed by atoms with van der Waals surface area (Å²) in [6.07, 6.45) is 0.912. The first-order valence-electron chi connectivity index (χ1n) is 18.3. The summed E-state index contributed by atoms with van der Waals surface area (Å²) in [5.41, 5.74) is 4.88. The lowest BCUT2D eigenvalue weighted by molar-refractivity contribution is 0.0981. The van der Waals surface area contributed by atoms with Crippen LogP contribution >= 0.6 is 11.8 Å². The fourth-order valence-electron chi connectivity index (χ4n) is 6.61. The summed E-state index contributed by atoms with van der Waals surface area (Å²) in [5, 5.41) is 3.62. The van der Waals surface area contributed by atoms with Crippen LogP contribution in [0.15, 0.2) is 125 Å². The Bertz CT molecular complexity index is 2180. The largest absolute Gasteiger partial charge is 0.381 e. The molecule has 12 heteroatoms. The molecule has 0 aromatic heterocycles. The van der Waals surface area contributed by atoms with E-state index in [0.717, 1.165) is 79.0 Å². The summed E-state index contributed by atoms with van der Waals surface area (Å²) in [6, 6.07) is 33.5. The Balaban J connectivity index is 1.03. The Labute approximate surface area is 327 Å². The number of hydrogen-bond acceptors (Lipinski definition) is 8. The number of carbonyl (C=O) groups is 1. The number of sulfonamides is 1. The summed E-state index contributed by atoms with van der Waals surface area (Å²) in [4.78, 5) is 21.0. The predicted octanol–water partition coefficient (Wildman–Crippen LogP) is 7.91. The van der Waals surface area contributed by atoms with Crippen molar-refractivity contribution in [1.29, 1.82) is 0 Å². The molecule has 288 valence electrons. The fraction of sp³-hybridized carbons (Fsp3) is 0.279. The highest BCUT2D eigenvalue weighted by atomic mass is 32.2. The van der Waals surface area contributed by atoms with Gasteiger partial charge in [0, 0.05) is 78.0 Å². The molecule has 55 heavy (non-hydrogen) atoms. The lowest BCUT2D eigenvalue weighted by Crippen LogP contribution is -2.46. The molecule has 1 fully saturated rings. The lowest BCUT2D eigenvalue weighted by Gasteiger charge is -2.36. The zero-order chi connectivity index (χ0) is 39.0. The zero-order valence-electron chi connectivity index (χ0n) is 31.3. The number of thioether (sulfide) groups is 1. The van der Waals surface area contributed by atoms with Crippen LogP contribution in [0, 0.1) is 18.6 Å². The maximum absolute atomic E-state index is 14.6. The number of anilines is 2. The van der Waals surface area contributed by atoms with Gasteiger partial charge < -0.3 is 15.1 Å². The van der Waals surface area contributed by atoms with Crippen LogP contribution in [-0.2, 0) is 16.6 Å². The number of amides is 1. The third-order valence-electron chi connectivity index (χ3n) is 9.71. The minimum Gasteiger partial charge on any atom is -0.381 e. The first-order chi connectivity index (χ1) is 26.4. The number of aryl methyl sites for hydroxylation is 1. The number of halogens is 2. The second-order valence-corrected chi connectivity index (χ2v) is 16.8. The molecular formula is C43H47F2N5O3S2. The molecule has 1 aliphatic rings. The molecule has 0 bridgehead atoms. The van der Waals surface area contributed by atoms with E-state index in [0.29, 0.717) is 12.1 Å². The molecule has 1 aliphatic heterocycles. The monoisotopic (exact) mass is 783 g/mol. The van der Waals surface area contributed by atoms with E-state index in [4.69, 9.17) is 0 Å². The molecule has 1 saturated heterocycles. The van der Waals surface area contributed by atoms with E-state index in [9.17, 15) is 22.0 Å². The van der Waals surface area contributed by atoms with Gasteiger partial charge in [0.15, 0.2) is 0 Å². The van der Waals surface area contributed by atoms with Crippen molar-refractivity contribution in [2.45, 2.75) is 35.7 Å². The third kappa shape index (κ3) is 10.7. The van der Waals surface area contributed by atoms with Crippen LogP contribution < -0.4 is 14.9 Å². The minimum atomic E-state index is -4.12. The average Bonchev–Trinajstić information content (AvgIpc) is 3.17. The summed E-state index contributed by atoms with van der Waals surface area (Å²) in [6.45, 7) is 6.39. The van der Waals surface area contributed by atoms with Crippen molar-refractivity contribution in [3.63, 3.8) is 0 Å². The second kappa shape index (κ2) is 18.3. The highest BCUT2D eigenvalue weighted by Crippen LogP contribution is 2.29. The first kappa shape index (κ1) is 39.9. The van der Waals surface area contributed by atoms with Gasteiger partial charge in [-0.25, -0.2) is 21.9 Å². The molecule has 8 nitrogen and oxygen atoms in total. The number of benzene rings is 5. The number of carbonyl (C=O) groups excluding carboxylic acids is 1. The van der Waals surface area contributed by atoms with Crippen LogP contribution in [0.25, 0.3) is 11.1 Å². The van der Waals surface area contributed by atoms with Gasteiger partial charge >= 0.3 is 0 Å². The third-order valence-corrected chi connectivity index (χ3v) is 12.2. The molecule has 0 spiro atoms. The van der Waals surface area contributed by atoms with E-state index in [1.54, 1.807) is 36.0 Å². The number of hydrogen-bond donors (Lipinski definition) is 2. The van der Waals surface area contributed by atoms with Crippen LogP contribution in [0.4, 0.5) is 20.2 Å². The molecule has 0 radical (unpaired) electrons. The van der Waals surface area contributed by atoms with Crippen molar-refractivity contribution >= 4 is 39.1 Å². The van der Waals surface area contributed by atoms with E-state index in [1.165, 1.54) is 23.1 Å². The molecule has 0 saturated carbocycles. The van der Waals surface area contributed by atoms with Crippen molar-refractivity contribution in [3.8, 4) is 11.1 Å². The molecular weight excluding hydrogens is 737 g/mol. The number of nitrogens with one attached hydrogen (secondary N) is 2. The Morgan fingerprint density at radius 2 is 1.55 bits per heavy atom. The Morgan fingerprint density at radius 1 is 0.836 bits per heavy atom. The van der Waals surface area contributed by atoms with Crippen molar-refractivity contribution in [3.05, 3.63) is 144 Å². The Morgan fingerprint density at radius 3 is 2.24 bits per heavy atom.